The SMILES string of the molecule is COc1ccc(CNC(=O)[C@H](C)Nc2ccc(OCc3ccccc3)cc2)cc1. The van der Waals surface area contributed by atoms with E-state index in [1.807, 2.05) is 85.8 Å². The first-order chi connectivity index (χ1) is 14.1. The molecule has 1 amide bonds. The van der Waals surface area contributed by atoms with Crippen molar-refractivity contribution in [3.8, 4) is 11.5 Å². The van der Waals surface area contributed by atoms with Crippen molar-refractivity contribution in [2.24, 2.45) is 0 Å². The van der Waals surface area contributed by atoms with Crippen molar-refractivity contribution in [3.63, 3.8) is 0 Å². The van der Waals surface area contributed by atoms with Gasteiger partial charge in [0.05, 0.1) is 7.11 Å². The van der Waals surface area contributed by atoms with E-state index in [1.54, 1.807) is 7.11 Å². The van der Waals surface area contributed by atoms with E-state index in [-0.39, 0.29) is 11.9 Å². The van der Waals surface area contributed by atoms with Crippen LogP contribution in [-0.2, 0) is 17.9 Å². The average molecular weight is 390 g/mol. The number of benzene rings is 3. The van der Waals surface area contributed by atoms with Gasteiger partial charge in [0.1, 0.15) is 24.1 Å². The highest BCUT2D eigenvalue weighted by atomic mass is 16.5. The van der Waals surface area contributed by atoms with Gasteiger partial charge in [0.25, 0.3) is 0 Å². The summed E-state index contributed by atoms with van der Waals surface area (Å²) in [7, 11) is 1.63. The largest absolute Gasteiger partial charge is 0.497 e. The molecule has 0 fully saturated rings. The van der Waals surface area contributed by atoms with Crippen LogP contribution >= 0.6 is 0 Å². The Bertz CT molecular complexity index is 894. The highest BCUT2D eigenvalue weighted by molar-refractivity contribution is 5.84. The third kappa shape index (κ3) is 6.28. The van der Waals surface area contributed by atoms with Crippen LogP contribution in [-0.4, -0.2) is 19.1 Å². The van der Waals surface area contributed by atoms with Gasteiger partial charge in [-0.2, -0.15) is 0 Å². The molecule has 0 saturated heterocycles. The van der Waals surface area contributed by atoms with Crippen LogP contribution in [0, 0.1) is 0 Å². The summed E-state index contributed by atoms with van der Waals surface area (Å²) in [6, 6.07) is 24.9. The monoisotopic (exact) mass is 390 g/mol. The second kappa shape index (κ2) is 10.2. The van der Waals surface area contributed by atoms with E-state index in [4.69, 9.17) is 9.47 Å². The van der Waals surface area contributed by atoms with Crippen molar-refractivity contribution in [3.05, 3.63) is 90.0 Å². The highest BCUT2D eigenvalue weighted by Crippen LogP contribution is 2.18. The molecule has 2 N–H and O–H groups in total. The van der Waals surface area contributed by atoms with Gasteiger partial charge in [0.2, 0.25) is 5.91 Å². The molecule has 150 valence electrons. The Kier molecular flexibility index (Phi) is 7.11. The van der Waals surface area contributed by atoms with E-state index >= 15 is 0 Å². The summed E-state index contributed by atoms with van der Waals surface area (Å²) >= 11 is 0. The number of amides is 1. The maximum absolute atomic E-state index is 12.3. The minimum atomic E-state index is -0.357. The second-order valence-corrected chi connectivity index (χ2v) is 6.73. The molecule has 3 aromatic rings. The van der Waals surface area contributed by atoms with Gasteiger partial charge in [0, 0.05) is 12.2 Å². The minimum absolute atomic E-state index is 0.0646. The molecule has 0 radical (unpaired) electrons. The van der Waals surface area contributed by atoms with Gasteiger partial charge in [-0.25, -0.2) is 0 Å². The van der Waals surface area contributed by atoms with Crippen LogP contribution in [0.15, 0.2) is 78.9 Å². The van der Waals surface area contributed by atoms with Gasteiger partial charge in [-0.1, -0.05) is 42.5 Å². The Morgan fingerprint density at radius 3 is 2.17 bits per heavy atom. The fraction of sp³-hybridized carbons (Fsp3) is 0.208. The van der Waals surface area contributed by atoms with Crippen LogP contribution in [0.1, 0.15) is 18.1 Å². The van der Waals surface area contributed by atoms with Crippen molar-refractivity contribution >= 4 is 11.6 Å². The fourth-order valence-electron chi connectivity index (χ4n) is 2.79. The molecular weight excluding hydrogens is 364 g/mol. The van der Waals surface area contributed by atoms with Crippen molar-refractivity contribution in [2.45, 2.75) is 26.1 Å². The van der Waals surface area contributed by atoms with E-state index < -0.39 is 0 Å². The Balaban J connectivity index is 1.45. The first kappa shape index (κ1) is 20.3. The Labute approximate surface area is 171 Å². The normalized spacial score (nSPS) is 11.4. The van der Waals surface area contributed by atoms with Gasteiger partial charge >= 0.3 is 0 Å². The van der Waals surface area contributed by atoms with Crippen molar-refractivity contribution in [2.75, 3.05) is 12.4 Å². The van der Waals surface area contributed by atoms with Crippen molar-refractivity contribution < 1.29 is 14.3 Å². The first-order valence-corrected chi connectivity index (χ1v) is 9.58. The van der Waals surface area contributed by atoms with E-state index in [1.165, 1.54) is 0 Å². The maximum atomic E-state index is 12.3. The zero-order chi connectivity index (χ0) is 20.5. The molecule has 5 nitrogen and oxygen atoms in total. The molecule has 3 rings (SSSR count). The molecular formula is C24H26N2O3. The summed E-state index contributed by atoms with van der Waals surface area (Å²) in [5.41, 5.74) is 3.01. The van der Waals surface area contributed by atoms with Gasteiger partial charge in [-0.15, -0.1) is 0 Å². The summed E-state index contributed by atoms with van der Waals surface area (Å²) in [5.74, 6) is 1.52. The number of anilines is 1. The maximum Gasteiger partial charge on any atom is 0.242 e. The molecule has 29 heavy (non-hydrogen) atoms. The quantitative estimate of drug-likeness (QED) is 0.569. The van der Waals surface area contributed by atoms with E-state index in [0.29, 0.717) is 13.2 Å². The summed E-state index contributed by atoms with van der Waals surface area (Å²) < 4.78 is 10.9. The van der Waals surface area contributed by atoms with Gasteiger partial charge in [0.15, 0.2) is 0 Å². The molecule has 5 heteroatoms. The van der Waals surface area contributed by atoms with E-state index in [0.717, 1.165) is 28.3 Å². The lowest BCUT2D eigenvalue weighted by Gasteiger charge is -2.16. The van der Waals surface area contributed by atoms with Gasteiger partial charge < -0.3 is 20.1 Å². The number of nitrogens with one attached hydrogen (secondary N) is 2. The predicted octanol–water partition coefficient (Wildman–Crippen LogP) is 4.39. The highest BCUT2D eigenvalue weighted by Gasteiger charge is 2.12. The Morgan fingerprint density at radius 2 is 1.52 bits per heavy atom. The zero-order valence-electron chi connectivity index (χ0n) is 16.7. The lowest BCUT2D eigenvalue weighted by atomic mass is 10.2. The number of methoxy groups -OCH3 is 1. The zero-order valence-corrected chi connectivity index (χ0v) is 16.7. The number of carbonyl (C=O) groups excluding carboxylic acids is 1. The third-order valence-corrected chi connectivity index (χ3v) is 4.50. The molecule has 0 aliphatic carbocycles. The predicted molar refractivity (Wildman–Crippen MR) is 115 cm³/mol. The smallest absolute Gasteiger partial charge is 0.242 e. The number of hydrogen-bond donors (Lipinski definition) is 2. The number of hydrogen-bond acceptors (Lipinski definition) is 4. The molecule has 0 aromatic heterocycles. The van der Waals surface area contributed by atoms with Crippen LogP contribution in [0.5, 0.6) is 11.5 Å². The first-order valence-electron chi connectivity index (χ1n) is 9.58. The minimum Gasteiger partial charge on any atom is -0.497 e. The molecule has 0 heterocycles. The molecule has 0 aliphatic heterocycles. The summed E-state index contributed by atoms with van der Waals surface area (Å²) in [4.78, 5) is 12.3. The Morgan fingerprint density at radius 1 is 0.862 bits per heavy atom. The molecule has 0 bridgehead atoms. The van der Waals surface area contributed by atoms with Crippen molar-refractivity contribution in [1.29, 1.82) is 0 Å². The van der Waals surface area contributed by atoms with E-state index in [9.17, 15) is 4.79 Å². The molecule has 0 saturated carbocycles. The molecule has 3 aromatic carbocycles. The van der Waals surface area contributed by atoms with Crippen LogP contribution < -0.4 is 20.1 Å². The van der Waals surface area contributed by atoms with Gasteiger partial charge in [-0.05, 0) is 54.4 Å². The standard InChI is InChI=1S/C24H26N2O3/c1-18(24(27)25-16-19-8-12-22(28-2)13-9-19)26-21-10-14-23(15-11-21)29-17-20-6-4-3-5-7-20/h3-15,18,26H,16-17H2,1-2H3,(H,25,27)/t18-/m0/s1. The fourth-order valence-corrected chi connectivity index (χ4v) is 2.79. The third-order valence-electron chi connectivity index (χ3n) is 4.50. The van der Waals surface area contributed by atoms with Crippen LogP contribution in [0.3, 0.4) is 0 Å². The van der Waals surface area contributed by atoms with Crippen LogP contribution in [0.25, 0.3) is 0 Å². The molecule has 0 spiro atoms. The van der Waals surface area contributed by atoms with Crippen LogP contribution in [0.4, 0.5) is 5.69 Å². The number of carbonyl (C=O) groups is 1. The molecule has 0 unspecified atom stereocenters. The summed E-state index contributed by atoms with van der Waals surface area (Å²) in [5, 5.41) is 6.15. The molecule has 1 atom stereocenters. The van der Waals surface area contributed by atoms with Crippen LogP contribution in [0.2, 0.25) is 0 Å². The topological polar surface area (TPSA) is 59.6 Å². The number of rotatable bonds is 9. The second-order valence-electron chi connectivity index (χ2n) is 6.73. The summed E-state index contributed by atoms with van der Waals surface area (Å²) in [6.07, 6.45) is 0. The lowest BCUT2D eigenvalue weighted by Crippen LogP contribution is -2.37. The van der Waals surface area contributed by atoms with Gasteiger partial charge in [-0.3, -0.25) is 4.79 Å². The van der Waals surface area contributed by atoms with E-state index in [2.05, 4.69) is 10.6 Å². The number of ether oxygens (including phenoxy) is 2. The Hall–Kier alpha value is -3.47. The summed E-state index contributed by atoms with van der Waals surface area (Å²) in [6.45, 7) is 2.84. The lowest BCUT2D eigenvalue weighted by molar-refractivity contribution is -0.121. The average Bonchev–Trinajstić information content (AvgIpc) is 2.78. The van der Waals surface area contributed by atoms with Crippen molar-refractivity contribution in [1.82, 2.24) is 5.32 Å². The molecule has 0 aliphatic rings.